The fourth-order valence-electron chi connectivity index (χ4n) is 4.40. The highest BCUT2D eigenvalue weighted by Crippen LogP contribution is 2.29. The summed E-state index contributed by atoms with van der Waals surface area (Å²) in [5.41, 5.74) is 4.50. The summed E-state index contributed by atoms with van der Waals surface area (Å²) in [7, 11) is 0. The van der Waals surface area contributed by atoms with Gasteiger partial charge >= 0.3 is 0 Å². The van der Waals surface area contributed by atoms with Crippen LogP contribution in [0.3, 0.4) is 0 Å². The average Bonchev–Trinajstić information content (AvgIpc) is 3.18. The van der Waals surface area contributed by atoms with Crippen molar-refractivity contribution < 1.29 is 9.59 Å². The summed E-state index contributed by atoms with van der Waals surface area (Å²) < 4.78 is 2.19. The molecule has 1 aromatic heterocycles. The van der Waals surface area contributed by atoms with Gasteiger partial charge in [0.25, 0.3) is 5.91 Å². The largest absolute Gasteiger partial charge is 0.345 e. The quantitative estimate of drug-likeness (QED) is 0.617. The summed E-state index contributed by atoms with van der Waals surface area (Å²) in [6, 6.07) is 19.4. The number of amides is 2. The highest BCUT2D eigenvalue weighted by Gasteiger charge is 2.25. The lowest BCUT2D eigenvalue weighted by atomic mass is 9.93. The standard InChI is InChI=1S/C26H25N3O2/c30-25(19-7-2-1-3-8-19)27-22-14-12-20(13-15-22)26(31)29-18-23-10-6-16-28(23)17-21-9-4-5-11-24(21)29/h1-2,4-6,9-16,19H,3,7-8,17-18H2,(H,27,30). The van der Waals surface area contributed by atoms with E-state index in [1.807, 2.05) is 41.3 Å². The van der Waals surface area contributed by atoms with Crippen molar-refractivity contribution in [2.24, 2.45) is 5.92 Å². The molecule has 5 heteroatoms. The molecule has 2 aliphatic rings. The van der Waals surface area contributed by atoms with Crippen LogP contribution in [0.2, 0.25) is 0 Å². The summed E-state index contributed by atoms with van der Waals surface area (Å²) >= 11 is 0. The topological polar surface area (TPSA) is 54.3 Å². The Kier molecular flexibility index (Phi) is 5.16. The van der Waals surface area contributed by atoms with Crippen LogP contribution in [0.1, 0.15) is 40.9 Å². The Bertz CT molecular complexity index is 1140. The fraction of sp³-hybridized carbons (Fsp3) is 0.231. The Balaban J connectivity index is 1.36. The number of nitrogens with one attached hydrogen (secondary N) is 1. The van der Waals surface area contributed by atoms with Gasteiger partial charge in [0, 0.05) is 41.3 Å². The highest BCUT2D eigenvalue weighted by atomic mass is 16.2. The normalized spacial score (nSPS) is 17.4. The van der Waals surface area contributed by atoms with Crippen LogP contribution in [-0.2, 0) is 17.9 Å². The number of benzene rings is 2. The van der Waals surface area contributed by atoms with Gasteiger partial charge in [-0.15, -0.1) is 0 Å². The van der Waals surface area contributed by atoms with Crippen molar-refractivity contribution in [2.45, 2.75) is 32.4 Å². The molecule has 5 rings (SSSR count). The molecule has 2 heterocycles. The first-order valence-electron chi connectivity index (χ1n) is 10.8. The first kappa shape index (κ1) is 19.4. The van der Waals surface area contributed by atoms with E-state index in [2.05, 4.69) is 40.4 Å². The van der Waals surface area contributed by atoms with E-state index in [4.69, 9.17) is 0 Å². The minimum Gasteiger partial charge on any atom is -0.345 e. The number of carbonyl (C=O) groups excluding carboxylic acids is 2. The van der Waals surface area contributed by atoms with E-state index in [9.17, 15) is 9.59 Å². The molecule has 0 spiro atoms. The molecule has 5 nitrogen and oxygen atoms in total. The van der Waals surface area contributed by atoms with Gasteiger partial charge in [-0.3, -0.25) is 9.59 Å². The number of carbonyl (C=O) groups is 2. The molecule has 0 radical (unpaired) electrons. The summed E-state index contributed by atoms with van der Waals surface area (Å²) in [4.78, 5) is 27.8. The van der Waals surface area contributed by atoms with Gasteiger partial charge in [-0.05, 0) is 67.3 Å². The summed E-state index contributed by atoms with van der Waals surface area (Å²) in [5, 5.41) is 2.99. The minimum atomic E-state index is -0.0441. The number of anilines is 2. The zero-order chi connectivity index (χ0) is 21.2. The van der Waals surface area contributed by atoms with Crippen LogP contribution in [0.15, 0.2) is 79.0 Å². The molecule has 1 aliphatic carbocycles. The van der Waals surface area contributed by atoms with Crippen LogP contribution in [-0.4, -0.2) is 16.4 Å². The van der Waals surface area contributed by atoms with E-state index in [-0.39, 0.29) is 17.7 Å². The van der Waals surface area contributed by atoms with Gasteiger partial charge < -0.3 is 14.8 Å². The first-order valence-corrected chi connectivity index (χ1v) is 10.8. The lowest BCUT2D eigenvalue weighted by Crippen LogP contribution is -2.30. The average molecular weight is 412 g/mol. The smallest absolute Gasteiger partial charge is 0.258 e. The van der Waals surface area contributed by atoms with Crippen molar-refractivity contribution in [3.63, 3.8) is 0 Å². The molecular weight excluding hydrogens is 386 g/mol. The van der Waals surface area contributed by atoms with E-state index in [0.717, 1.165) is 48.4 Å². The maximum absolute atomic E-state index is 13.4. The molecule has 1 atom stereocenters. The Labute approximate surface area is 182 Å². The van der Waals surface area contributed by atoms with Crippen molar-refractivity contribution in [2.75, 3.05) is 10.2 Å². The predicted octanol–water partition coefficient (Wildman–Crippen LogP) is 4.99. The van der Waals surface area contributed by atoms with E-state index < -0.39 is 0 Å². The molecule has 3 aromatic rings. The van der Waals surface area contributed by atoms with Crippen molar-refractivity contribution in [3.05, 3.63) is 95.8 Å². The van der Waals surface area contributed by atoms with Crippen LogP contribution in [0.5, 0.6) is 0 Å². The van der Waals surface area contributed by atoms with Crippen molar-refractivity contribution in [1.82, 2.24) is 4.57 Å². The number of rotatable bonds is 3. The molecule has 31 heavy (non-hydrogen) atoms. The first-order chi connectivity index (χ1) is 15.2. The molecule has 0 bridgehead atoms. The van der Waals surface area contributed by atoms with Crippen molar-refractivity contribution in [1.29, 1.82) is 0 Å². The molecule has 1 aliphatic heterocycles. The van der Waals surface area contributed by atoms with Crippen molar-refractivity contribution >= 4 is 23.2 Å². The van der Waals surface area contributed by atoms with Gasteiger partial charge in [0.2, 0.25) is 5.91 Å². The van der Waals surface area contributed by atoms with Gasteiger partial charge in [-0.1, -0.05) is 30.4 Å². The fourth-order valence-corrected chi connectivity index (χ4v) is 4.40. The third kappa shape index (κ3) is 3.91. The van der Waals surface area contributed by atoms with E-state index in [0.29, 0.717) is 12.1 Å². The minimum absolute atomic E-state index is 0.0242. The number of para-hydroxylation sites is 1. The van der Waals surface area contributed by atoms with E-state index in [1.165, 1.54) is 0 Å². The lowest BCUT2D eigenvalue weighted by molar-refractivity contribution is -0.120. The number of hydrogen-bond donors (Lipinski definition) is 1. The second-order valence-electron chi connectivity index (χ2n) is 8.20. The predicted molar refractivity (Wildman–Crippen MR) is 122 cm³/mol. The molecule has 0 saturated carbocycles. The Hall–Kier alpha value is -3.60. The van der Waals surface area contributed by atoms with Gasteiger partial charge in [0.1, 0.15) is 0 Å². The maximum atomic E-state index is 13.4. The maximum Gasteiger partial charge on any atom is 0.258 e. The van der Waals surface area contributed by atoms with Crippen LogP contribution in [0, 0.1) is 5.92 Å². The second-order valence-corrected chi connectivity index (χ2v) is 8.20. The molecular formula is C26H25N3O2. The molecule has 0 fully saturated rings. The van der Waals surface area contributed by atoms with Gasteiger partial charge in [-0.25, -0.2) is 0 Å². The monoisotopic (exact) mass is 411 g/mol. The lowest BCUT2D eigenvalue weighted by Gasteiger charge is -2.23. The van der Waals surface area contributed by atoms with Gasteiger partial charge in [0.15, 0.2) is 0 Å². The number of fused-ring (bicyclic) bond motifs is 2. The van der Waals surface area contributed by atoms with Crippen LogP contribution in [0.4, 0.5) is 11.4 Å². The molecule has 2 amide bonds. The van der Waals surface area contributed by atoms with E-state index in [1.54, 1.807) is 12.1 Å². The highest BCUT2D eigenvalue weighted by molar-refractivity contribution is 6.07. The van der Waals surface area contributed by atoms with Gasteiger partial charge in [0.05, 0.1) is 6.54 Å². The summed E-state index contributed by atoms with van der Waals surface area (Å²) in [6.45, 7) is 1.28. The SMILES string of the molecule is O=C(Nc1ccc(C(=O)N2Cc3cccn3Cc3ccccc32)cc1)C1CC=CCC1. The van der Waals surface area contributed by atoms with Gasteiger partial charge in [-0.2, -0.15) is 0 Å². The molecule has 1 unspecified atom stereocenters. The molecule has 2 aromatic carbocycles. The summed E-state index contributed by atoms with van der Waals surface area (Å²) in [5.74, 6) is 0.0270. The zero-order valence-corrected chi connectivity index (χ0v) is 17.3. The van der Waals surface area contributed by atoms with Crippen LogP contribution >= 0.6 is 0 Å². The number of allylic oxidation sites excluding steroid dienone is 2. The Morgan fingerprint density at radius 3 is 2.55 bits per heavy atom. The Morgan fingerprint density at radius 1 is 0.903 bits per heavy atom. The van der Waals surface area contributed by atoms with Crippen molar-refractivity contribution in [3.8, 4) is 0 Å². The van der Waals surface area contributed by atoms with E-state index >= 15 is 0 Å². The third-order valence-corrected chi connectivity index (χ3v) is 6.15. The number of aromatic nitrogens is 1. The number of nitrogens with zero attached hydrogens (tertiary/aromatic N) is 2. The summed E-state index contributed by atoms with van der Waals surface area (Å²) in [6.07, 6.45) is 8.88. The Morgan fingerprint density at radius 2 is 1.74 bits per heavy atom. The molecule has 156 valence electrons. The van der Waals surface area contributed by atoms with Crippen LogP contribution in [0.25, 0.3) is 0 Å². The number of hydrogen-bond acceptors (Lipinski definition) is 2. The third-order valence-electron chi connectivity index (χ3n) is 6.15. The molecule has 1 N–H and O–H groups in total. The second kappa shape index (κ2) is 8.26. The molecule has 0 saturated heterocycles. The zero-order valence-electron chi connectivity index (χ0n) is 17.3. The van der Waals surface area contributed by atoms with Crippen LogP contribution < -0.4 is 10.2 Å².